The monoisotopic (exact) mass is 344 g/mol. The van der Waals surface area contributed by atoms with Gasteiger partial charge in [0.2, 0.25) is 0 Å². The smallest absolute Gasteiger partial charge is 0.303 e. The molecule has 1 aliphatic rings. The predicted octanol–water partition coefficient (Wildman–Crippen LogP) is 2.01. The summed E-state index contributed by atoms with van der Waals surface area (Å²) < 4.78 is 5.62. The van der Waals surface area contributed by atoms with Crippen LogP contribution < -0.4 is 0 Å². The molecule has 1 aliphatic heterocycles. The normalized spacial score (nSPS) is 26.8. The van der Waals surface area contributed by atoms with E-state index in [0.717, 1.165) is 25.7 Å². The molecule has 0 aromatic carbocycles. The molecule has 5 atom stereocenters. The number of aliphatic hydroxyl groups is 3. The number of carbonyl (C=O) groups is 1. The van der Waals surface area contributed by atoms with Gasteiger partial charge in [0.25, 0.3) is 0 Å². The Kier molecular flexibility index (Phi) is 10.2. The molecule has 0 amide bonds. The molecule has 1 heterocycles. The van der Waals surface area contributed by atoms with E-state index in [2.05, 4.69) is 0 Å². The Labute approximate surface area is 144 Å². The molecule has 6 nitrogen and oxygen atoms in total. The third-order valence-electron chi connectivity index (χ3n) is 4.45. The van der Waals surface area contributed by atoms with Crippen molar-refractivity contribution in [2.75, 3.05) is 0 Å². The SMILES string of the molecule is CC[C@@H](O)[C@@H]1C[C@H](O)[C@H](/C=C/[C@H](O)CCCCCCCC(=O)O)O1. The van der Waals surface area contributed by atoms with E-state index in [1.165, 1.54) is 0 Å². The van der Waals surface area contributed by atoms with Crippen LogP contribution in [-0.2, 0) is 9.53 Å². The van der Waals surface area contributed by atoms with E-state index in [1.807, 2.05) is 6.92 Å². The number of hydrogen-bond donors (Lipinski definition) is 4. The molecule has 1 fully saturated rings. The lowest BCUT2D eigenvalue weighted by Gasteiger charge is -2.16. The molecule has 0 aliphatic carbocycles. The molecule has 0 saturated carbocycles. The summed E-state index contributed by atoms with van der Waals surface area (Å²) in [5.74, 6) is -0.749. The molecular formula is C18H32O6. The summed E-state index contributed by atoms with van der Waals surface area (Å²) in [6.45, 7) is 1.87. The summed E-state index contributed by atoms with van der Waals surface area (Å²) in [5, 5.41) is 38.2. The zero-order valence-corrected chi connectivity index (χ0v) is 14.5. The number of rotatable bonds is 12. The fraction of sp³-hybridized carbons (Fsp3) is 0.833. The maximum absolute atomic E-state index is 10.4. The third-order valence-corrected chi connectivity index (χ3v) is 4.45. The zero-order chi connectivity index (χ0) is 17.9. The number of aliphatic carboxylic acids is 1. The van der Waals surface area contributed by atoms with Gasteiger partial charge >= 0.3 is 5.97 Å². The number of carboxylic acids is 1. The fourth-order valence-electron chi connectivity index (χ4n) is 2.90. The van der Waals surface area contributed by atoms with Gasteiger partial charge in [0.05, 0.1) is 24.4 Å². The predicted molar refractivity (Wildman–Crippen MR) is 90.7 cm³/mol. The van der Waals surface area contributed by atoms with Gasteiger partial charge in [0, 0.05) is 12.8 Å². The second-order valence-corrected chi connectivity index (χ2v) is 6.57. The van der Waals surface area contributed by atoms with Crippen molar-refractivity contribution in [2.24, 2.45) is 0 Å². The highest BCUT2D eigenvalue weighted by molar-refractivity contribution is 5.66. The average molecular weight is 344 g/mol. The van der Waals surface area contributed by atoms with E-state index in [1.54, 1.807) is 12.2 Å². The van der Waals surface area contributed by atoms with Gasteiger partial charge in [-0.1, -0.05) is 44.8 Å². The number of aliphatic hydroxyl groups excluding tert-OH is 3. The van der Waals surface area contributed by atoms with Crippen molar-refractivity contribution in [3.05, 3.63) is 12.2 Å². The van der Waals surface area contributed by atoms with Crippen molar-refractivity contribution < 1.29 is 30.0 Å². The van der Waals surface area contributed by atoms with Crippen LogP contribution in [0.15, 0.2) is 12.2 Å². The van der Waals surface area contributed by atoms with Crippen LogP contribution in [0.5, 0.6) is 0 Å². The van der Waals surface area contributed by atoms with Crippen molar-refractivity contribution in [3.8, 4) is 0 Å². The standard InChI is InChI=1S/C18H32O6/c1-2-14(20)17-12-15(21)16(24-17)11-10-13(19)8-6-4-3-5-7-9-18(22)23/h10-11,13-17,19-21H,2-9,12H2,1H3,(H,22,23)/b11-10+/t13-,14-,15+,16+,17+/m1/s1. The van der Waals surface area contributed by atoms with E-state index in [4.69, 9.17) is 9.84 Å². The highest BCUT2D eigenvalue weighted by Gasteiger charge is 2.35. The fourth-order valence-corrected chi connectivity index (χ4v) is 2.90. The molecule has 1 rings (SSSR count). The van der Waals surface area contributed by atoms with Gasteiger partial charge < -0.3 is 25.2 Å². The first-order valence-electron chi connectivity index (χ1n) is 9.03. The van der Waals surface area contributed by atoms with E-state index in [9.17, 15) is 20.1 Å². The maximum Gasteiger partial charge on any atom is 0.303 e. The first-order chi connectivity index (χ1) is 11.4. The van der Waals surface area contributed by atoms with Crippen molar-refractivity contribution in [2.45, 2.75) is 95.2 Å². The third kappa shape index (κ3) is 8.24. The number of hydrogen-bond acceptors (Lipinski definition) is 5. The lowest BCUT2D eigenvalue weighted by Crippen LogP contribution is -2.25. The molecule has 0 unspecified atom stereocenters. The first-order valence-corrected chi connectivity index (χ1v) is 9.03. The Morgan fingerprint density at radius 2 is 1.88 bits per heavy atom. The molecule has 6 heteroatoms. The van der Waals surface area contributed by atoms with Gasteiger partial charge in [-0.2, -0.15) is 0 Å². The van der Waals surface area contributed by atoms with Crippen LogP contribution >= 0.6 is 0 Å². The topological polar surface area (TPSA) is 107 Å². The van der Waals surface area contributed by atoms with E-state index >= 15 is 0 Å². The van der Waals surface area contributed by atoms with Gasteiger partial charge in [-0.3, -0.25) is 4.79 Å². The van der Waals surface area contributed by atoms with Crippen LogP contribution in [0.4, 0.5) is 0 Å². The Bertz CT molecular complexity index is 384. The number of unbranched alkanes of at least 4 members (excludes halogenated alkanes) is 4. The first kappa shape index (κ1) is 21.1. The van der Waals surface area contributed by atoms with Gasteiger partial charge in [-0.25, -0.2) is 0 Å². The second-order valence-electron chi connectivity index (χ2n) is 6.57. The van der Waals surface area contributed by atoms with Crippen molar-refractivity contribution >= 4 is 5.97 Å². The maximum atomic E-state index is 10.4. The molecule has 0 radical (unpaired) electrons. The van der Waals surface area contributed by atoms with Gasteiger partial charge in [-0.05, 0) is 19.3 Å². The van der Waals surface area contributed by atoms with Crippen LogP contribution in [0.2, 0.25) is 0 Å². The van der Waals surface area contributed by atoms with Crippen LogP contribution in [0, 0.1) is 0 Å². The highest BCUT2D eigenvalue weighted by atomic mass is 16.5. The quantitative estimate of drug-likeness (QED) is 0.319. The summed E-state index contributed by atoms with van der Waals surface area (Å²) >= 11 is 0. The Morgan fingerprint density at radius 3 is 2.54 bits per heavy atom. The number of carboxylic acid groups (broad SMARTS) is 1. The van der Waals surface area contributed by atoms with Crippen LogP contribution in [0.3, 0.4) is 0 Å². The Morgan fingerprint density at radius 1 is 1.21 bits per heavy atom. The average Bonchev–Trinajstić information content (AvgIpc) is 2.92. The minimum Gasteiger partial charge on any atom is -0.481 e. The lowest BCUT2D eigenvalue weighted by molar-refractivity contribution is -0.137. The van der Waals surface area contributed by atoms with Crippen LogP contribution in [-0.4, -0.2) is 56.9 Å². The van der Waals surface area contributed by atoms with Crippen LogP contribution in [0.25, 0.3) is 0 Å². The summed E-state index contributed by atoms with van der Waals surface area (Å²) in [6, 6.07) is 0. The summed E-state index contributed by atoms with van der Waals surface area (Å²) in [7, 11) is 0. The van der Waals surface area contributed by atoms with Gasteiger partial charge in [-0.15, -0.1) is 0 Å². The molecule has 0 bridgehead atoms. The van der Waals surface area contributed by atoms with E-state index < -0.39 is 30.4 Å². The molecule has 0 aromatic rings. The minimum absolute atomic E-state index is 0.225. The van der Waals surface area contributed by atoms with Crippen molar-refractivity contribution in [1.82, 2.24) is 0 Å². The minimum atomic E-state index is -0.749. The summed E-state index contributed by atoms with van der Waals surface area (Å²) in [6.07, 6.45) is 7.04. The zero-order valence-electron chi connectivity index (χ0n) is 14.5. The van der Waals surface area contributed by atoms with E-state index in [-0.39, 0.29) is 12.5 Å². The van der Waals surface area contributed by atoms with Crippen molar-refractivity contribution in [3.63, 3.8) is 0 Å². The molecule has 1 saturated heterocycles. The molecule has 140 valence electrons. The molecule has 4 N–H and O–H groups in total. The van der Waals surface area contributed by atoms with Crippen LogP contribution in [0.1, 0.15) is 64.7 Å². The Hall–Kier alpha value is -0.950. The summed E-state index contributed by atoms with van der Waals surface area (Å²) in [4.78, 5) is 10.4. The summed E-state index contributed by atoms with van der Waals surface area (Å²) in [5.41, 5.74) is 0. The molecular weight excluding hydrogens is 312 g/mol. The molecule has 0 spiro atoms. The molecule has 0 aromatic heterocycles. The highest BCUT2D eigenvalue weighted by Crippen LogP contribution is 2.25. The van der Waals surface area contributed by atoms with Gasteiger partial charge in [0.15, 0.2) is 0 Å². The van der Waals surface area contributed by atoms with Crippen molar-refractivity contribution in [1.29, 1.82) is 0 Å². The lowest BCUT2D eigenvalue weighted by atomic mass is 10.0. The molecule has 24 heavy (non-hydrogen) atoms. The van der Waals surface area contributed by atoms with Gasteiger partial charge in [0.1, 0.15) is 6.10 Å². The van der Waals surface area contributed by atoms with E-state index in [0.29, 0.717) is 25.7 Å². The number of ether oxygens (including phenoxy) is 1. The largest absolute Gasteiger partial charge is 0.481 e. The second kappa shape index (κ2) is 11.6. The Balaban J connectivity index is 2.15.